The summed E-state index contributed by atoms with van der Waals surface area (Å²) in [5.41, 5.74) is 0. The fraction of sp³-hybridized carbons (Fsp3) is 0.286. The van der Waals surface area contributed by atoms with Gasteiger partial charge in [-0.05, 0) is 6.58 Å². The number of ether oxygens (including phenoxy) is 1. The van der Waals surface area contributed by atoms with Crippen molar-refractivity contribution in [3.63, 3.8) is 0 Å². The first-order valence-electron chi connectivity index (χ1n) is 2.66. The summed E-state index contributed by atoms with van der Waals surface area (Å²) >= 11 is 0. The van der Waals surface area contributed by atoms with Crippen LogP contribution in [0.5, 0.6) is 0 Å². The van der Waals surface area contributed by atoms with Crippen LogP contribution in [0.15, 0.2) is 18.4 Å². The highest BCUT2D eigenvalue weighted by Gasteiger charge is 1.95. The van der Waals surface area contributed by atoms with Crippen LogP contribution in [0.4, 0.5) is 0 Å². The SMILES string of the molecule is [CH]=C(CC)OC(=O)C=C. The zero-order valence-corrected chi connectivity index (χ0v) is 5.39. The van der Waals surface area contributed by atoms with Gasteiger partial charge in [0.15, 0.2) is 0 Å². The molecule has 0 heterocycles. The maximum Gasteiger partial charge on any atom is 0.335 e. The lowest BCUT2D eigenvalue weighted by molar-refractivity contribution is -0.133. The molecular formula is C7H9O2. The molecule has 2 heteroatoms. The Hall–Kier alpha value is -1.05. The number of carbonyl (C=O) groups is 1. The molecule has 0 aliphatic heterocycles. The highest BCUT2D eigenvalue weighted by atomic mass is 16.5. The molecule has 0 unspecified atom stereocenters. The van der Waals surface area contributed by atoms with E-state index in [0.717, 1.165) is 6.08 Å². The van der Waals surface area contributed by atoms with E-state index in [9.17, 15) is 4.79 Å². The summed E-state index contributed by atoms with van der Waals surface area (Å²) in [4.78, 5) is 10.3. The molecule has 0 aliphatic carbocycles. The highest BCUT2D eigenvalue weighted by molar-refractivity contribution is 5.81. The minimum Gasteiger partial charge on any atom is -0.428 e. The summed E-state index contributed by atoms with van der Waals surface area (Å²) in [6.07, 6.45) is 1.61. The molecule has 0 bridgehead atoms. The quantitative estimate of drug-likeness (QED) is 0.324. The van der Waals surface area contributed by atoms with E-state index in [1.165, 1.54) is 0 Å². The summed E-state index contributed by atoms with van der Waals surface area (Å²) in [6, 6.07) is 0. The second-order valence-electron chi connectivity index (χ2n) is 1.45. The lowest BCUT2D eigenvalue weighted by Gasteiger charge is -1.98. The van der Waals surface area contributed by atoms with Gasteiger partial charge in [0.25, 0.3) is 0 Å². The van der Waals surface area contributed by atoms with Gasteiger partial charge in [-0.2, -0.15) is 0 Å². The van der Waals surface area contributed by atoms with Crippen LogP contribution in [-0.4, -0.2) is 5.97 Å². The molecule has 0 aromatic heterocycles. The first-order chi connectivity index (χ1) is 4.20. The van der Waals surface area contributed by atoms with Gasteiger partial charge >= 0.3 is 5.97 Å². The van der Waals surface area contributed by atoms with Gasteiger partial charge in [0.2, 0.25) is 0 Å². The van der Waals surface area contributed by atoms with Crippen molar-refractivity contribution in [2.45, 2.75) is 13.3 Å². The van der Waals surface area contributed by atoms with Gasteiger partial charge in [0.05, 0.1) is 0 Å². The summed E-state index contributed by atoms with van der Waals surface area (Å²) < 4.78 is 4.49. The van der Waals surface area contributed by atoms with Crippen molar-refractivity contribution >= 4 is 5.97 Å². The number of esters is 1. The largest absolute Gasteiger partial charge is 0.428 e. The van der Waals surface area contributed by atoms with E-state index in [1.807, 2.05) is 0 Å². The average Bonchev–Trinajstić information content (AvgIpc) is 1.87. The number of hydrogen-bond acceptors (Lipinski definition) is 2. The van der Waals surface area contributed by atoms with Crippen molar-refractivity contribution in [2.75, 3.05) is 0 Å². The fourth-order valence-electron chi connectivity index (χ4n) is 0.243. The second kappa shape index (κ2) is 3.89. The van der Waals surface area contributed by atoms with Crippen molar-refractivity contribution in [1.29, 1.82) is 0 Å². The first-order valence-corrected chi connectivity index (χ1v) is 2.66. The van der Waals surface area contributed by atoms with Gasteiger partial charge in [-0.25, -0.2) is 4.79 Å². The predicted octanol–water partition coefficient (Wildman–Crippen LogP) is 1.44. The molecule has 0 fully saturated rings. The van der Waals surface area contributed by atoms with Crippen LogP contribution >= 0.6 is 0 Å². The molecule has 0 aromatic rings. The van der Waals surface area contributed by atoms with Crippen LogP contribution in [0.3, 0.4) is 0 Å². The van der Waals surface area contributed by atoms with Gasteiger partial charge in [-0.15, -0.1) is 0 Å². The molecule has 0 saturated heterocycles. The van der Waals surface area contributed by atoms with E-state index in [1.54, 1.807) is 6.92 Å². The van der Waals surface area contributed by atoms with Crippen molar-refractivity contribution in [2.24, 2.45) is 0 Å². The lowest BCUT2D eigenvalue weighted by atomic mass is 10.4. The Labute approximate surface area is 54.8 Å². The molecule has 0 aromatic carbocycles. The van der Waals surface area contributed by atoms with E-state index in [-0.39, 0.29) is 5.76 Å². The van der Waals surface area contributed by atoms with Crippen LogP contribution in [0, 0.1) is 6.58 Å². The molecule has 0 atom stereocenters. The summed E-state index contributed by atoms with van der Waals surface area (Å²) in [5.74, 6) is -0.283. The van der Waals surface area contributed by atoms with Crippen LogP contribution < -0.4 is 0 Å². The maximum atomic E-state index is 10.3. The summed E-state index contributed by atoms with van der Waals surface area (Å²) in [5, 5.41) is 0. The van der Waals surface area contributed by atoms with E-state index >= 15 is 0 Å². The van der Waals surface area contributed by atoms with Crippen molar-refractivity contribution < 1.29 is 9.53 Å². The molecule has 0 rings (SSSR count). The third-order valence-electron chi connectivity index (χ3n) is 0.747. The Morgan fingerprint density at radius 1 is 1.89 bits per heavy atom. The molecule has 0 amide bonds. The molecule has 0 spiro atoms. The molecule has 49 valence electrons. The topological polar surface area (TPSA) is 26.3 Å². The normalized spacial score (nSPS) is 8.11. The highest BCUT2D eigenvalue weighted by Crippen LogP contribution is 1.97. The zero-order valence-electron chi connectivity index (χ0n) is 5.39. The molecular weight excluding hydrogens is 116 g/mol. The van der Waals surface area contributed by atoms with Crippen molar-refractivity contribution in [3.05, 3.63) is 25.0 Å². The van der Waals surface area contributed by atoms with Gasteiger partial charge in [0.1, 0.15) is 5.76 Å². The van der Waals surface area contributed by atoms with Crippen LogP contribution in [0.1, 0.15) is 13.3 Å². The van der Waals surface area contributed by atoms with Gasteiger partial charge in [-0.1, -0.05) is 13.5 Å². The third-order valence-corrected chi connectivity index (χ3v) is 0.747. The monoisotopic (exact) mass is 125 g/mol. The van der Waals surface area contributed by atoms with Crippen molar-refractivity contribution in [3.8, 4) is 0 Å². The Morgan fingerprint density at radius 3 is 2.78 bits per heavy atom. The predicted molar refractivity (Wildman–Crippen MR) is 34.4 cm³/mol. The average molecular weight is 125 g/mol. The van der Waals surface area contributed by atoms with Crippen LogP contribution in [0.25, 0.3) is 0 Å². The number of carbonyl (C=O) groups excluding carboxylic acids is 1. The fourth-order valence-corrected chi connectivity index (χ4v) is 0.243. The van der Waals surface area contributed by atoms with Gasteiger partial charge < -0.3 is 4.74 Å². The summed E-state index contributed by atoms with van der Waals surface area (Å²) in [6.45, 7) is 10.2. The Balaban J connectivity index is 3.59. The van der Waals surface area contributed by atoms with E-state index in [4.69, 9.17) is 6.58 Å². The zero-order chi connectivity index (χ0) is 7.28. The van der Waals surface area contributed by atoms with E-state index in [2.05, 4.69) is 11.3 Å². The van der Waals surface area contributed by atoms with Crippen molar-refractivity contribution in [1.82, 2.24) is 0 Å². The van der Waals surface area contributed by atoms with Gasteiger partial charge in [0, 0.05) is 12.5 Å². The number of rotatable bonds is 3. The third kappa shape index (κ3) is 3.53. The van der Waals surface area contributed by atoms with E-state index in [0.29, 0.717) is 6.42 Å². The minimum absolute atomic E-state index is 0.222. The van der Waals surface area contributed by atoms with E-state index < -0.39 is 5.97 Å². The minimum atomic E-state index is -0.505. The maximum absolute atomic E-state index is 10.3. The lowest BCUT2D eigenvalue weighted by Crippen LogP contribution is -1.97. The standard InChI is InChI=1S/C7H9O2/c1-4-6(3)9-7(8)5-2/h3,5H,2,4H2,1H3. The second-order valence-corrected chi connectivity index (χ2v) is 1.45. The molecule has 9 heavy (non-hydrogen) atoms. The molecule has 1 radical (unpaired) electrons. The first kappa shape index (κ1) is 7.95. The summed E-state index contributed by atoms with van der Waals surface area (Å²) in [7, 11) is 0. The number of allylic oxidation sites excluding steroid dienone is 1. The molecule has 2 nitrogen and oxygen atoms in total. The Morgan fingerprint density at radius 2 is 2.44 bits per heavy atom. The smallest absolute Gasteiger partial charge is 0.335 e. The van der Waals surface area contributed by atoms with Crippen LogP contribution in [-0.2, 0) is 9.53 Å². The Bertz CT molecular complexity index is 136. The molecule has 0 saturated carbocycles. The molecule has 0 aliphatic rings. The number of hydrogen-bond donors (Lipinski definition) is 0. The molecule has 0 N–H and O–H groups in total. The van der Waals surface area contributed by atoms with Gasteiger partial charge in [-0.3, -0.25) is 0 Å². The Kier molecular flexibility index (Phi) is 3.44. The van der Waals surface area contributed by atoms with Crippen LogP contribution in [0.2, 0.25) is 0 Å².